The maximum atomic E-state index is 12.4. The van der Waals surface area contributed by atoms with Crippen LogP contribution in [0.5, 0.6) is 0 Å². The van der Waals surface area contributed by atoms with Gasteiger partial charge in [0.1, 0.15) is 12.2 Å². The zero-order valence-corrected chi connectivity index (χ0v) is 19.1. The van der Waals surface area contributed by atoms with Crippen molar-refractivity contribution in [2.45, 2.75) is 77.2 Å². The summed E-state index contributed by atoms with van der Waals surface area (Å²) < 4.78 is 10.9. The quantitative estimate of drug-likeness (QED) is 0.710. The first-order chi connectivity index (χ1) is 14.8. The van der Waals surface area contributed by atoms with Crippen molar-refractivity contribution in [3.8, 4) is 0 Å². The molecule has 2 amide bonds. The van der Waals surface area contributed by atoms with Gasteiger partial charge in [-0.1, -0.05) is 30.3 Å². The van der Waals surface area contributed by atoms with Gasteiger partial charge >= 0.3 is 12.2 Å². The van der Waals surface area contributed by atoms with E-state index in [-0.39, 0.29) is 36.8 Å². The van der Waals surface area contributed by atoms with Crippen LogP contribution < -0.4 is 10.6 Å². The van der Waals surface area contributed by atoms with E-state index in [1.165, 1.54) is 12.8 Å². The normalized spacial score (nSPS) is 24.4. The minimum Gasteiger partial charge on any atom is -0.445 e. The van der Waals surface area contributed by atoms with Crippen LogP contribution in [0.2, 0.25) is 0 Å². The largest absolute Gasteiger partial charge is 0.445 e. The SMILES string of the molecule is CC(C)(C)OC(=O)NC1CCC(NC(=O)OCc2ccccc2)C(CN2CCCC2)C1. The number of hydrogen-bond donors (Lipinski definition) is 2. The van der Waals surface area contributed by atoms with Gasteiger partial charge in [0.25, 0.3) is 0 Å². The van der Waals surface area contributed by atoms with Gasteiger partial charge in [0.05, 0.1) is 0 Å². The molecular formula is C24H37N3O4. The number of ether oxygens (including phenoxy) is 2. The van der Waals surface area contributed by atoms with Crippen LogP contribution in [-0.4, -0.2) is 54.4 Å². The highest BCUT2D eigenvalue weighted by molar-refractivity contribution is 5.68. The van der Waals surface area contributed by atoms with Crippen molar-refractivity contribution in [1.82, 2.24) is 15.5 Å². The second kappa shape index (κ2) is 10.8. The van der Waals surface area contributed by atoms with Crippen LogP contribution in [-0.2, 0) is 16.1 Å². The first-order valence-electron chi connectivity index (χ1n) is 11.5. The van der Waals surface area contributed by atoms with Gasteiger partial charge in [-0.15, -0.1) is 0 Å². The van der Waals surface area contributed by atoms with Crippen molar-refractivity contribution < 1.29 is 19.1 Å². The smallest absolute Gasteiger partial charge is 0.407 e. The zero-order valence-electron chi connectivity index (χ0n) is 19.1. The number of nitrogens with zero attached hydrogens (tertiary/aromatic N) is 1. The molecule has 31 heavy (non-hydrogen) atoms. The molecule has 1 aromatic carbocycles. The average Bonchev–Trinajstić information content (AvgIpc) is 3.21. The molecule has 1 aromatic rings. The summed E-state index contributed by atoms with van der Waals surface area (Å²) in [6.45, 7) is 8.99. The number of likely N-dealkylation sites (tertiary alicyclic amines) is 1. The third kappa shape index (κ3) is 8.05. The first kappa shape index (κ1) is 23.4. The molecule has 3 unspecified atom stereocenters. The average molecular weight is 432 g/mol. The van der Waals surface area contributed by atoms with Crippen LogP contribution in [0.3, 0.4) is 0 Å². The molecule has 3 atom stereocenters. The van der Waals surface area contributed by atoms with E-state index >= 15 is 0 Å². The fourth-order valence-corrected chi connectivity index (χ4v) is 4.47. The second-order valence-electron chi connectivity index (χ2n) is 9.74. The Labute approximate surface area is 185 Å². The monoisotopic (exact) mass is 431 g/mol. The lowest BCUT2D eigenvalue weighted by Gasteiger charge is -2.38. The number of rotatable bonds is 6. The molecular weight excluding hydrogens is 394 g/mol. The molecule has 1 heterocycles. The summed E-state index contributed by atoms with van der Waals surface area (Å²) in [6.07, 6.45) is 4.13. The number of nitrogens with one attached hydrogen (secondary N) is 2. The minimum atomic E-state index is -0.514. The van der Waals surface area contributed by atoms with Gasteiger partial charge in [-0.05, 0) is 77.4 Å². The van der Waals surface area contributed by atoms with Crippen LogP contribution in [0.1, 0.15) is 58.4 Å². The van der Waals surface area contributed by atoms with E-state index in [4.69, 9.17) is 9.47 Å². The standard InChI is InChI=1S/C24H37N3O4/c1-24(2,3)31-23(29)25-20-11-12-21(19(15-20)16-27-13-7-8-14-27)26-22(28)30-17-18-9-5-4-6-10-18/h4-6,9-10,19-21H,7-8,11-17H2,1-3H3,(H,25,29)(H,26,28). The predicted molar refractivity (Wildman–Crippen MR) is 120 cm³/mol. The fourth-order valence-electron chi connectivity index (χ4n) is 4.47. The van der Waals surface area contributed by atoms with Crippen molar-refractivity contribution in [2.75, 3.05) is 19.6 Å². The van der Waals surface area contributed by atoms with Gasteiger partial charge in [0, 0.05) is 18.6 Å². The zero-order chi connectivity index (χ0) is 22.3. The molecule has 1 aliphatic carbocycles. The maximum Gasteiger partial charge on any atom is 0.407 e. The molecule has 7 nitrogen and oxygen atoms in total. The number of benzene rings is 1. The molecule has 3 rings (SSSR count). The van der Waals surface area contributed by atoms with Crippen LogP contribution in [0.25, 0.3) is 0 Å². The fraction of sp³-hybridized carbons (Fsp3) is 0.667. The van der Waals surface area contributed by atoms with Crippen molar-refractivity contribution in [1.29, 1.82) is 0 Å². The summed E-state index contributed by atoms with van der Waals surface area (Å²) in [4.78, 5) is 27.1. The molecule has 0 radical (unpaired) electrons. The molecule has 1 saturated carbocycles. The Morgan fingerprint density at radius 1 is 1.03 bits per heavy atom. The lowest BCUT2D eigenvalue weighted by molar-refractivity contribution is 0.0467. The lowest BCUT2D eigenvalue weighted by atomic mass is 9.81. The van der Waals surface area contributed by atoms with Crippen LogP contribution in [0.15, 0.2) is 30.3 Å². The molecule has 0 bridgehead atoms. The number of amides is 2. The Morgan fingerprint density at radius 3 is 2.42 bits per heavy atom. The molecule has 0 spiro atoms. The molecule has 2 aliphatic rings. The first-order valence-corrected chi connectivity index (χ1v) is 11.5. The van der Waals surface area contributed by atoms with Crippen molar-refractivity contribution in [3.05, 3.63) is 35.9 Å². The lowest BCUT2D eigenvalue weighted by Crippen LogP contribution is -2.52. The van der Waals surface area contributed by atoms with E-state index in [0.717, 1.165) is 44.5 Å². The summed E-state index contributed by atoms with van der Waals surface area (Å²) in [5.74, 6) is 0.260. The van der Waals surface area contributed by atoms with E-state index < -0.39 is 5.60 Å². The van der Waals surface area contributed by atoms with Crippen LogP contribution in [0, 0.1) is 5.92 Å². The van der Waals surface area contributed by atoms with Gasteiger partial charge in [-0.25, -0.2) is 9.59 Å². The van der Waals surface area contributed by atoms with Crippen LogP contribution in [0.4, 0.5) is 9.59 Å². The summed E-state index contributed by atoms with van der Waals surface area (Å²) in [5, 5.41) is 6.12. The topological polar surface area (TPSA) is 79.9 Å². The molecule has 1 saturated heterocycles. The van der Waals surface area contributed by atoms with E-state index in [0.29, 0.717) is 0 Å². The Hall–Kier alpha value is -2.28. The predicted octanol–water partition coefficient (Wildman–Crippen LogP) is 4.07. The highest BCUT2D eigenvalue weighted by Gasteiger charge is 2.34. The highest BCUT2D eigenvalue weighted by atomic mass is 16.6. The molecule has 7 heteroatoms. The third-order valence-electron chi connectivity index (χ3n) is 5.91. The van der Waals surface area contributed by atoms with Crippen molar-refractivity contribution >= 4 is 12.2 Å². The molecule has 0 aromatic heterocycles. The maximum absolute atomic E-state index is 12.4. The van der Waals surface area contributed by atoms with Crippen molar-refractivity contribution in [3.63, 3.8) is 0 Å². The Bertz CT molecular complexity index is 713. The number of carbonyl (C=O) groups excluding carboxylic acids is 2. The summed E-state index contributed by atoms with van der Waals surface area (Å²) in [6, 6.07) is 9.79. The van der Waals surface area contributed by atoms with Gasteiger partial charge in [-0.3, -0.25) is 0 Å². The third-order valence-corrected chi connectivity index (χ3v) is 5.91. The van der Waals surface area contributed by atoms with E-state index in [1.54, 1.807) is 0 Å². The molecule has 1 aliphatic heterocycles. The van der Waals surface area contributed by atoms with Gasteiger partial charge < -0.3 is 25.0 Å². The summed E-state index contributed by atoms with van der Waals surface area (Å²) in [7, 11) is 0. The number of hydrogen-bond acceptors (Lipinski definition) is 5. The van der Waals surface area contributed by atoms with Gasteiger partial charge in [0.15, 0.2) is 0 Å². The van der Waals surface area contributed by atoms with Crippen molar-refractivity contribution in [2.24, 2.45) is 5.92 Å². The summed E-state index contributed by atoms with van der Waals surface area (Å²) in [5.41, 5.74) is 0.455. The molecule has 2 fully saturated rings. The van der Waals surface area contributed by atoms with Gasteiger partial charge in [0.2, 0.25) is 0 Å². The Kier molecular flexibility index (Phi) is 8.18. The highest BCUT2D eigenvalue weighted by Crippen LogP contribution is 2.27. The van der Waals surface area contributed by atoms with E-state index in [9.17, 15) is 9.59 Å². The van der Waals surface area contributed by atoms with Crippen LogP contribution >= 0.6 is 0 Å². The van der Waals surface area contributed by atoms with Gasteiger partial charge in [-0.2, -0.15) is 0 Å². The molecule has 172 valence electrons. The minimum absolute atomic E-state index is 0.0422. The molecule has 2 N–H and O–H groups in total. The van der Waals surface area contributed by atoms with E-state index in [2.05, 4.69) is 15.5 Å². The van der Waals surface area contributed by atoms with E-state index in [1.807, 2.05) is 51.1 Å². The Morgan fingerprint density at radius 2 is 1.74 bits per heavy atom. The Balaban J connectivity index is 1.54. The second-order valence-corrected chi connectivity index (χ2v) is 9.74. The number of carbonyl (C=O) groups is 2. The number of alkyl carbamates (subject to hydrolysis) is 2. The summed E-state index contributed by atoms with van der Waals surface area (Å²) >= 11 is 0.